The van der Waals surface area contributed by atoms with E-state index >= 15 is 0 Å². The molecule has 2 atom stereocenters. The monoisotopic (exact) mass is 287 g/mol. The molecule has 0 aliphatic carbocycles. The molecule has 0 amide bonds. The van der Waals surface area contributed by atoms with Crippen LogP contribution < -0.4 is 5.32 Å². The molecule has 2 aliphatic heterocycles. The van der Waals surface area contributed by atoms with Crippen LogP contribution in [0.4, 0.5) is 0 Å². The third-order valence-electron chi connectivity index (χ3n) is 4.17. The van der Waals surface area contributed by atoms with E-state index < -0.39 is 6.10 Å². The number of aliphatic hydroxyl groups excluding tert-OH is 1. The molecule has 0 aromatic carbocycles. The van der Waals surface area contributed by atoms with Crippen molar-refractivity contribution in [3.05, 3.63) is 0 Å². The van der Waals surface area contributed by atoms with Crippen molar-refractivity contribution < 1.29 is 19.3 Å². The number of unbranched alkanes of at least 4 members (excludes halogenated alkanes) is 1. The maximum Gasteiger partial charge on any atom is 0.101 e. The van der Waals surface area contributed by atoms with Gasteiger partial charge in [0.05, 0.1) is 31.5 Å². The van der Waals surface area contributed by atoms with Gasteiger partial charge in [-0.2, -0.15) is 0 Å². The summed E-state index contributed by atoms with van der Waals surface area (Å²) in [7, 11) is 0. The van der Waals surface area contributed by atoms with Crippen molar-refractivity contribution in [2.75, 3.05) is 39.5 Å². The highest BCUT2D eigenvalue weighted by molar-refractivity contribution is 4.93. The van der Waals surface area contributed by atoms with Crippen LogP contribution in [0.15, 0.2) is 0 Å². The second-order valence-electron chi connectivity index (χ2n) is 5.99. The lowest BCUT2D eigenvalue weighted by Crippen LogP contribution is -2.41. The minimum atomic E-state index is -0.531. The molecule has 2 unspecified atom stereocenters. The van der Waals surface area contributed by atoms with Gasteiger partial charge in [-0.1, -0.05) is 13.3 Å². The van der Waals surface area contributed by atoms with Gasteiger partial charge in [0.25, 0.3) is 0 Å². The summed E-state index contributed by atoms with van der Waals surface area (Å²) in [6, 6.07) is 0. The lowest BCUT2D eigenvalue weighted by atomic mass is 9.89. The van der Waals surface area contributed by atoms with Crippen molar-refractivity contribution in [1.29, 1.82) is 0 Å². The first kappa shape index (κ1) is 16.2. The Kier molecular flexibility index (Phi) is 6.71. The molecule has 2 aliphatic rings. The van der Waals surface area contributed by atoms with Gasteiger partial charge in [0.1, 0.15) is 6.10 Å². The van der Waals surface area contributed by atoms with Crippen LogP contribution in [0.1, 0.15) is 39.0 Å². The first-order chi connectivity index (χ1) is 9.74. The molecule has 0 bridgehead atoms. The summed E-state index contributed by atoms with van der Waals surface area (Å²) >= 11 is 0. The molecule has 2 fully saturated rings. The second kappa shape index (κ2) is 8.29. The van der Waals surface area contributed by atoms with Crippen LogP contribution in [0.5, 0.6) is 0 Å². The van der Waals surface area contributed by atoms with E-state index in [2.05, 4.69) is 12.2 Å². The summed E-state index contributed by atoms with van der Waals surface area (Å²) in [6.07, 6.45) is 4.84. The zero-order valence-electron chi connectivity index (χ0n) is 12.6. The predicted molar refractivity (Wildman–Crippen MR) is 76.9 cm³/mol. The maximum atomic E-state index is 9.81. The van der Waals surface area contributed by atoms with Crippen molar-refractivity contribution in [1.82, 2.24) is 5.32 Å². The Morgan fingerprint density at radius 1 is 1.35 bits per heavy atom. The number of piperidine rings is 1. The number of rotatable bonds is 8. The van der Waals surface area contributed by atoms with Gasteiger partial charge in [-0.25, -0.2) is 0 Å². The van der Waals surface area contributed by atoms with E-state index in [1.54, 1.807) is 0 Å². The van der Waals surface area contributed by atoms with Crippen LogP contribution in [0, 0.1) is 0 Å². The molecule has 0 saturated carbocycles. The van der Waals surface area contributed by atoms with Crippen molar-refractivity contribution in [2.24, 2.45) is 0 Å². The number of nitrogens with one attached hydrogen (secondary N) is 1. The predicted octanol–water partition coefficient (Wildman–Crippen LogP) is 1.09. The molecule has 5 nitrogen and oxygen atoms in total. The molecule has 2 saturated heterocycles. The van der Waals surface area contributed by atoms with Crippen LogP contribution in [-0.2, 0) is 14.2 Å². The van der Waals surface area contributed by atoms with Crippen LogP contribution in [-0.4, -0.2) is 62.4 Å². The zero-order chi connectivity index (χ0) is 14.3. The number of ether oxygens (including phenoxy) is 3. The standard InChI is InChI=1S/C15H29NO4/c1-2-3-8-18-10-13(17)11-19-14-9-15(20-12-14)4-6-16-7-5-15/h13-14,16-17H,2-12H2,1H3. The fraction of sp³-hybridized carbons (Fsp3) is 1.00. The van der Waals surface area contributed by atoms with Crippen molar-refractivity contribution in [2.45, 2.75) is 56.8 Å². The van der Waals surface area contributed by atoms with E-state index in [0.717, 1.165) is 51.8 Å². The first-order valence-corrected chi connectivity index (χ1v) is 7.96. The molecule has 2 heterocycles. The van der Waals surface area contributed by atoms with Gasteiger partial charge < -0.3 is 24.6 Å². The summed E-state index contributed by atoms with van der Waals surface area (Å²) in [4.78, 5) is 0. The Hall–Kier alpha value is -0.200. The Bertz CT molecular complexity index is 269. The summed E-state index contributed by atoms with van der Waals surface area (Å²) < 4.78 is 17.1. The number of aliphatic hydroxyl groups is 1. The molecule has 0 radical (unpaired) electrons. The Labute approximate surface area is 122 Å². The molecule has 0 aromatic heterocycles. The van der Waals surface area contributed by atoms with Crippen molar-refractivity contribution in [3.63, 3.8) is 0 Å². The maximum absolute atomic E-state index is 9.81. The SMILES string of the molecule is CCCCOCC(O)COC1COC2(CCNCC2)C1. The Morgan fingerprint density at radius 2 is 2.15 bits per heavy atom. The highest BCUT2D eigenvalue weighted by atomic mass is 16.6. The molecule has 1 spiro atoms. The van der Waals surface area contributed by atoms with Gasteiger partial charge in [0.15, 0.2) is 0 Å². The lowest BCUT2D eigenvalue weighted by Gasteiger charge is -2.32. The summed E-state index contributed by atoms with van der Waals surface area (Å²) in [5, 5.41) is 13.2. The van der Waals surface area contributed by atoms with E-state index in [0.29, 0.717) is 19.8 Å². The van der Waals surface area contributed by atoms with Gasteiger partial charge in [0.2, 0.25) is 0 Å². The average molecular weight is 287 g/mol. The fourth-order valence-corrected chi connectivity index (χ4v) is 2.90. The van der Waals surface area contributed by atoms with Crippen LogP contribution in [0.2, 0.25) is 0 Å². The fourth-order valence-electron chi connectivity index (χ4n) is 2.90. The van der Waals surface area contributed by atoms with E-state index in [9.17, 15) is 5.11 Å². The third kappa shape index (κ3) is 4.97. The second-order valence-corrected chi connectivity index (χ2v) is 5.99. The average Bonchev–Trinajstić information content (AvgIpc) is 2.85. The largest absolute Gasteiger partial charge is 0.388 e. The quantitative estimate of drug-likeness (QED) is 0.655. The van der Waals surface area contributed by atoms with Crippen LogP contribution in [0.3, 0.4) is 0 Å². The topological polar surface area (TPSA) is 60.0 Å². The van der Waals surface area contributed by atoms with E-state index in [1.165, 1.54) is 0 Å². The molecular formula is C15H29NO4. The summed E-state index contributed by atoms with van der Waals surface area (Å²) in [5.41, 5.74) is 0.0263. The highest BCUT2D eigenvalue weighted by Gasteiger charge is 2.41. The molecular weight excluding hydrogens is 258 g/mol. The van der Waals surface area contributed by atoms with E-state index in [-0.39, 0.29) is 11.7 Å². The molecule has 0 aromatic rings. The van der Waals surface area contributed by atoms with E-state index in [4.69, 9.17) is 14.2 Å². The smallest absolute Gasteiger partial charge is 0.101 e. The van der Waals surface area contributed by atoms with Crippen LogP contribution in [0.25, 0.3) is 0 Å². The Balaban J connectivity index is 1.58. The zero-order valence-corrected chi connectivity index (χ0v) is 12.6. The van der Waals surface area contributed by atoms with Gasteiger partial charge in [-0.3, -0.25) is 0 Å². The van der Waals surface area contributed by atoms with Crippen molar-refractivity contribution in [3.8, 4) is 0 Å². The van der Waals surface area contributed by atoms with E-state index in [1.807, 2.05) is 0 Å². The summed E-state index contributed by atoms with van der Waals surface area (Å²) in [5.74, 6) is 0. The molecule has 2 rings (SSSR count). The first-order valence-electron chi connectivity index (χ1n) is 7.96. The molecule has 5 heteroatoms. The molecule has 20 heavy (non-hydrogen) atoms. The summed E-state index contributed by atoms with van der Waals surface area (Å²) in [6.45, 7) is 6.26. The van der Waals surface area contributed by atoms with Gasteiger partial charge >= 0.3 is 0 Å². The number of hydrogen-bond donors (Lipinski definition) is 2. The number of hydrogen-bond acceptors (Lipinski definition) is 5. The Morgan fingerprint density at radius 3 is 2.90 bits per heavy atom. The van der Waals surface area contributed by atoms with Gasteiger partial charge in [0, 0.05) is 13.0 Å². The molecule has 2 N–H and O–H groups in total. The molecule has 118 valence electrons. The lowest BCUT2D eigenvalue weighted by molar-refractivity contribution is -0.0483. The highest BCUT2D eigenvalue weighted by Crippen LogP contribution is 2.35. The van der Waals surface area contributed by atoms with Crippen LogP contribution >= 0.6 is 0 Å². The van der Waals surface area contributed by atoms with Gasteiger partial charge in [-0.15, -0.1) is 0 Å². The minimum Gasteiger partial charge on any atom is -0.388 e. The third-order valence-corrected chi connectivity index (χ3v) is 4.17. The normalized spacial score (nSPS) is 27.0. The van der Waals surface area contributed by atoms with Crippen molar-refractivity contribution >= 4 is 0 Å². The van der Waals surface area contributed by atoms with Gasteiger partial charge in [-0.05, 0) is 32.4 Å². The minimum absolute atomic E-state index is 0.0263.